The molecule has 1 aliphatic heterocycles. The van der Waals surface area contributed by atoms with Crippen molar-refractivity contribution in [2.75, 3.05) is 13.2 Å². The molecule has 1 saturated heterocycles. The second kappa shape index (κ2) is 11.6. The largest absolute Gasteiger partial charge is 0.381 e. The Kier molecular flexibility index (Phi) is 9.17. The summed E-state index contributed by atoms with van der Waals surface area (Å²) in [4.78, 5) is 0. The number of fused-ring (bicyclic) bond motifs is 3. The summed E-state index contributed by atoms with van der Waals surface area (Å²) >= 11 is 0. The number of hydrogen-bond acceptors (Lipinski definition) is 1. The van der Waals surface area contributed by atoms with Gasteiger partial charge in [-0.2, -0.15) is 0 Å². The molecular formula is C24H44O. The molecule has 0 atom stereocenters. The Balaban J connectivity index is 0.000000120. The fourth-order valence-corrected chi connectivity index (χ4v) is 6.00. The van der Waals surface area contributed by atoms with Crippen molar-refractivity contribution >= 4 is 0 Å². The van der Waals surface area contributed by atoms with Gasteiger partial charge in [-0.05, 0) is 36.5 Å². The van der Waals surface area contributed by atoms with E-state index in [0.29, 0.717) is 0 Å². The summed E-state index contributed by atoms with van der Waals surface area (Å²) in [6, 6.07) is 0. The van der Waals surface area contributed by atoms with E-state index in [2.05, 4.69) is 0 Å². The fourth-order valence-electron chi connectivity index (χ4n) is 6.00. The van der Waals surface area contributed by atoms with Gasteiger partial charge in [0.2, 0.25) is 0 Å². The first-order valence-electron chi connectivity index (χ1n) is 12.0. The minimum absolute atomic E-state index is 1.00. The van der Waals surface area contributed by atoms with E-state index >= 15 is 0 Å². The van der Waals surface area contributed by atoms with Crippen LogP contribution in [0.1, 0.15) is 116 Å². The van der Waals surface area contributed by atoms with Gasteiger partial charge in [0.15, 0.2) is 0 Å². The minimum Gasteiger partial charge on any atom is -0.381 e. The quantitative estimate of drug-likeness (QED) is 0.476. The molecule has 0 radical (unpaired) electrons. The molecule has 0 unspecified atom stereocenters. The lowest BCUT2D eigenvalue weighted by Gasteiger charge is -2.35. The van der Waals surface area contributed by atoms with E-state index < -0.39 is 0 Å². The Morgan fingerprint density at radius 2 is 0.720 bits per heavy atom. The van der Waals surface area contributed by atoms with Crippen LogP contribution in [-0.4, -0.2) is 13.2 Å². The molecular weight excluding hydrogens is 304 g/mol. The van der Waals surface area contributed by atoms with Gasteiger partial charge in [0.1, 0.15) is 0 Å². The molecule has 0 aromatic heterocycles. The highest BCUT2D eigenvalue weighted by molar-refractivity contribution is 4.79. The van der Waals surface area contributed by atoms with Gasteiger partial charge >= 0.3 is 0 Å². The van der Waals surface area contributed by atoms with Gasteiger partial charge in [-0.1, -0.05) is 103 Å². The highest BCUT2D eigenvalue weighted by Crippen LogP contribution is 2.40. The van der Waals surface area contributed by atoms with Crippen molar-refractivity contribution in [2.45, 2.75) is 116 Å². The van der Waals surface area contributed by atoms with E-state index in [1.807, 2.05) is 0 Å². The second-order valence-electron chi connectivity index (χ2n) is 9.58. The molecule has 0 amide bonds. The second-order valence-corrected chi connectivity index (χ2v) is 9.58. The average Bonchev–Trinajstić information content (AvgIpc) is 3.32. The molecule has 0 aromatic carbocycles. The molecule has 0 N–H and O–H groups in total. The van der Waals surface area contributed by atoms with Crippen LogP contribution >= 0.6 is 0 Å². The zero-order chi connectivity index (χ0) is 17.2. The third kappa shape index (κ3) is 7.24. The molecule has 5 saturated carbocycles. The predicted octanol–water partition coefficient (Wildman–Crippen LogP) is 7.53. The Morgan fingerprint density at radius 3 is 0.960 bits per heavy atom. The molecule has 6 rings (SSSR count). The number of hydrogen-bond donors (Lipinski definition) is 0. The summed E-state index contributed by atoms with van der Waals surface area (Å²) in [5.41, 5.74) is 0. The molecule has 6 fully saturated rings. The van der Waals surface area contributed by atoms with Crippen molar-refractivity contribution in [3.63, 3.8) is 0 Å². The third-order valence-electron chi connectivity index (χ3n) is 7.74. The van der Waals surface area contributed by atoms with Crippen LogP contribution in [0.3, 0.4) is 0 Å². The lowest BCUT2D eigenvalue weighted by Crippen LogP contribution is -2.21. The Morgan fingerprint density at radius 1 is 0.360 bits per heavy atom. The average molecular weight is 349 g/mol. The van der Waals surface area contributed by atoms with Crippen LogP contribution in [0.25, 0.3) is 0 Å². The van der Waals surface area contributed by atoms with Crippen LogP contribution in [0, 0.1) is 23.7 Å². The van der Waals surface area contributed by atoms with Crippen LogP contribution in [-0.2, 0) is 4.74 Å². The molecule has 0 spiro atoms. The number of rotatable bonds is 1. The van der Waals surface area contributed by atoms with Crippen LogP contribution in [0.5, 0.6) is 0 Å². The lowest BCUT2D eigenvalue weighted by atomic mass is 9.71. The van der Waals surface area contributed by atoms with E-state index in [9.17, 15) is 0 Å². The summed E-state index contributed by atoms with van der Waals surface area (Å²) in [5, 5.41) is 0. The van der Waals surface area contributed by atoms with Crippen molar-refractivity contribution in [2.24, 2.45) is 23.7 Å². The van der Waals surface area contributed by atoms with Crippen LogP contribution < -0.4 is 0 Å². The SMILES string of the molecule is C1CC2CCC1CC2.C1CCC(C2CCCCC2)CC1.C1CCOC1. The molecule has 1 heterocycles. The Labute approximate surface area is 157 Å². The highest BCUT2D eigenvalue weighted by atomic mass is 16.5. The highest BCUT2D eigenvalue weighted by Gasteiger charge is 2.26. The maximum Gasteiger partial charge on any atom is 0.0466 e. The van der Waals surface area contributed by atoms with E-state index in [4.69, 9.17) is 4.74 Å². The first-order chi connectivity index (χ1) is 12.4. The molecule has 2 bridgehead atoms. The maximum absolute atomic E-state index is 4.94. The normalized spacial score (nSPS) is 33.1. The van der Waals surface area contributed by atoms with E-state index in [0.717, 1.165) is 36.9 Å². The topological polar surface area (TPSA) is 9.23 Å². The van der Waals surface area contributed by atoms with Gasteiger partial charge in [-0.3, -0.25) is 0 Å². The molecule has 5 aliphatic carbocycles. The van der Waals surface area contributed by atoms with Gasteiger partial charge < -0.3 is 4.74 Å². The van der Waals surface area contributed by atoms with Gasteiger partial charge in [0.25, 0.3) is 0 Å². The first kappa shape index (κ1) is 19.7. The van der Waals surface area contributed by atoms with Crippen LogP contribution in [0.4, 0.5) is 0 Å². The van der Waals surface area contributed by atoms with Crippen molar-refractivity contribution in [1.29, 1.82) is 0 Å². The third-order valence-corrected chi connectivity index (χ3v) is 7.74. The van der Waals surface area contributed by atoms with Crippen molar-refractivity contribution in [3.8, 4) is 0 Å². The van der Waals surface area contributed by atoms with Gasteiger partial charge in [-0.15, -0.1) is 0 Å². The summed E-state index contributed by atoms with van der Waals surface area (Å²) < 4.78 is 4.94. The molecule has 1 heteroatoms. The van der Waals surface area contributed by atoms with Gasteiger partial charge in [0, 0.05) is 13.2 Å². The molecule has 0 aromatic rings. The van der Waals surface area contributed by atoms with E-state index in [-0.39, 0.29) is 0 Å². The van der Waals surface area contributed by atoms with Crippen LogP contribution in [0.2, 0.25) is 0 Å². The number of ether oxygens (including phenoxy) is 1. The smallest absolute Gasteiger partial charge is 0.0466 e. The van der Waals surface area contributed by atoms with Crippen molar-refractivity contribution in [3.05, 3.63) is 0 Å². The van der Waals surface area contributed by atoms with E-state index in [1.165, 1.54) is 51.4 Å². The fraction of sp³-hybridized carbons (Fsp3) is 1.00. The standard InChI is InChI=1S/C12H22.C8H14.C4H8O/c1-3-7-11(8-4-1)12-9-5-2-6-10-12;1-2-8-5-3-7(1)4-6-8;1-2-4-5-3-1/h11-12H,1-10H2;7-8H,1-6H2;1-4H2. The van der Waals surface area contributed by atoms with Crippen molar-refractivity contribution < 1.29 is 4.74 Å². The first-order valence-corrected chi connectivity index (χ1v) is 12.0. The maximum atomic E-state index is 4.94. The summed E-state index contributed by atoms with van der Waals surface area (Å²) in [6.45, 7) is 2.00. The minimum atomic E-state index is 1.00. The molecule has 25 heavy (non-hydrogen) atoms. The molecule has 146 valence electrons. The molecule has 1 nitrogen and oxygen atoms in total. The molecule has 6 aliphatic rings. The summed E-state index contributed by atoms with van der Waals surface area (Å²) in [5.74, 6) is 4.58. The lowest BCUT2D eigenvalue weighted by molar-refractivity contribution is 0.176. The predicted molar refractivity (Wildman–Crippen MR) is 108 cm³/mol. The zero-order valence-electron chi connectivity index (χ0n) is 16.9. The van der Waals surface area contributed by atoms with E-state index in [1.54, 1.807) is 64.2 Å². The Hall–Kier alpha value is -0.0400. The monoisotopic (exact) mass is 348 g/mol. The van der Waals surface area contributed by atoms with Gasteiger partial charge in [-0.25, -0.2) is 0 Å². The Bertz CT molecular complexity index is 268. The summed E-state index contributed by atoms with van der Waals surface area (Å²) in [6.07, 6.45) is 27.3. The zero-order valence-corrected chi connectivity index (χ0v) is 16.9. The van der Waals surface area contributed by atoms with Crippen molar-refractivity contribution in [1.82, 2.24) is 0 Å². The van der Waals surface area contributed by atoms with Crippen LogP contribution in [0.15, 0.2) is 0 Å². The van der Waals surface area contributed by atoms with Gasteiger partial charge in [0.05, 0.1) is 0 Å². The summed E-state index contributed by atoms with van der Waals surface area (Å²) in [7, 11) is 0.